The van der Waals surface area contributed by atoms with Gasteiger partial charge in [0.2, 0.25) is 5.91 Å². The first kappa shape index (κ1) is 17.2. The van der Waals surface area contributed by atoms with Crippen molar-refractivity contribution in [1.82, 2.24) is 5.32 Å². The maximum Gasteiger partial charge on any atom is 0.326 e. The number of amides is 2. The van der Waals surface area contributed by atoms with E-state index in [1.165, 1.54) is 4.90 Å². The number of hydrogen-bond acceptors (Lipinski definition) is 5. The van der Waals surface area contributed by atoms with Crippen molar-refractivity contribution in [1.29, 1.82) is 0 Å². The van der Waals surface area contributed by atoms with Crippen LogP contribution in [-0.4, -0.2) is 55.3 Å². The van der Waals surface area contributed by atoms with Crippen LogP contribution in [0.1, 0.15) is 12.8 Å². The van der Waals surface area contributed by atoms with Gasteiger partial charge in [-0.05, 0) is 25.0 Å². The Morgan fingerprint density at radius 3 is 2.88 bits per heavy atom. The molecule has 2 amide bonds. The minimum Gasteiger partial charge on any atom is -0.482 e. The van der Waals surface area contributed by atoms with Crippen LogP contribution in [0.2, 0.25) is 0 Å². The molecule has 0 aliphatic carbocycles. The van der Waals surface area contributed by atoms with Crippen molar-refractivity contribution in [2.75, 3.05) is 31.3 Å². The van der Waals surface area contributed by atoms with Crippen LogP contribution < -0.4 is 15.0 Å². The second kappa shape index (κ2) is 7.52. The zero-order valence-electron chi connectivity index (χ0n) is 13.6. The van der Waals surface area contributed by atoms with Crippen molar-refractivity contribution in [3.05, 3.63) is 24.3 Å². The molecule has 1 aromatic carbocycles. The standard InChI is InChI=1S/C17H20N2O6/c20-14(18-16(17(22)23)11-4-3-7-24-9-11)8-19-12-5-1-2-6-13(12)25-10-15(19)21/h1-2,5-6,11,16H,3-4,7-10H2,(H,18,20)(H,22,23). The number of benzene rings is 1. The van der Waals surface area contributed by atoms with Gasteiger partial charge in [0, 0.05) is 12.5 Å². The molecule has 0 bridgehead atoms. The number of fused-ring (bicyclic) bond motifs is 1. The highest BCUT2D eigenvalue weighted by Gasteiger charge is 2.33. The number of nitrogens with one attached hydrogen (secondary N) is 1. The van der Waals surface area contributed by atoms with E-state index in [-0.39, 0.29) is 25.0 Å². The fourth-order valence-corrected chi connectivity index (χ4v) is 3.10. The monoisotopic (exact) mass is 348 g/mol. The molecule has 0 saturated carbocycles. The Morgan fingerprint density at radius 2 is 2.16 bits per heavy atom. The molecule has 1 fully saturated rings. The molecule has 0 spiro atoms. The molecule has 1 aromatic rings. The van der Waals surface area contributed by atoms with Gasteiger partial charge in [-0.2, -0.15) is 0 Å². The molecule has 2 heterocycles. The maximum absolute atomic E-state index is 12.4. The maximum atomic E-state index is 12.4. The Bertz CT molecular complexity index is 671. The predicted octanol–water partition coefficient (Wildman–Crippen LogP) is 0.408. The van der Waals surface area contributed by atoms with Crippen molar-refractivity contribution in [3.63, 3.8) is 0 Å². The molecule has 1 saturated heterocycles. The smallest absolute Gasteiger partial charge is 0.326 e. The number of carbonyl (C=O) groups is 3. The zero-order valence-corrected chi connectivity index (χ0v) is 13.6. The fourth-order valence-electron chi connectivity index (χ4n) is 3.10. The fraction of sp³-hybridized carbons (Fsp3) is 0.471. The van der Waals surface area contributed by atoms with Gasteiger partial charge in [0.25, 0.3) is 5.91 Å². The Morgan fingerprint density at radius 1 is 1.36 bits per heavy atom. The van der Waals surface area contributed by atoms with Gasteiger partial charge in [-0.3, -0.25) is 14.5 Å². The summed E-state index contributed by atoms with van der Waals surface area (Å²) in [6.07, 6.45) is 1.44. The van der Waals surface area contributed by atoms with E-state index in [2.05, 4.69) is 5.32 Å². The number of para-hydroxylation sites is 2. The van der Waals surface area contributed by atoms with Crippen LogP contribution in [-0.2, 0) is 19.1 Å². The van der Waals surface area contributed by atoms with Gasteiger partial charge in [0.1, 0.15) is 18.3 Å². The molecule has 2 N–H and O–H groups in total. The van der Waals surface area contributed by atoms with Gasteiger partial charge in [-0.1, -0.05) is 12.1 Å². The van der Waals surface area contributed by atoms with Crippen molar-refractivity contribution in [3.8, 4) is 5.75 Å². The van der Waals surface area contributed by atoms with E-state index in [1.54, 1.807) is 24.3 Å². The number of ether oxygens (including phenoxy) is 2. The third-order valence-corrected chi connectivity index (χ3v) is 4.36. The van der Waals surface area contributed by atoms with E-state index < -0.39 is 17.9 Å². The minimum atomic E-state index is -1.10. The number of anilines is 1. The summed E-state index contributed by atoms with van der Waals surface area (Å²) in [6, 6.07) is 5.89. The number of carbonyl (C=O) groups excluding carboxylic acids is 2. The SMILES string of the molecule is O=C(CN1C(=O)COc2ccccc21)NC(C(=O)O)C1CCCOC1. The van der Waals surface area contributed by atoms with E-state index >= 15 is 0 Å². The first-order valence-corrected chi connectivity index (χ1v) is 8.18. The normalized spacial score (nSPS) is 21.0. The molecule has 0 aromatic heterocycles. The molecule has 2 unspecified atom stereocenters. The Balaban J connectivity index is 1.68. The number of carboxylic acids is 1. The molecule has 3 rings (SSSR count). The van der Waals surface area contributed by atoms with E-state index in [0.29, 0.717) is 31.1 Å². The molecule has 8 nitrogen and oxygen atoms in total. The van der Waals surface area contributed by atoms with Crippen LogP contribution in [0, 0.1) is 5.92 Å². The van der Waals surface area contributed by atoms with Gasteiger partial charge in [-0.25, -0.2) is 4.79 Å². The summed E-state index contributed by atoms with van der Waals surface area (Å²) in [7, 11) is 0. The molecule has 2 aliphatic rings. The first-order chi connectivity index (χ1) is 12.1. The van der Waals surface area contributed by atoms with Crippen LogP contribution in [0.15, 0.2) is 24.3 Å². The summed E-state index contributed by atoms with van der Waals surface area (Å²) in [5.41, 5.74) is 0.502. The molecule has 8 heteroatoms. The quantitative estimate of drug-likeness (QED) is 0.798. The van der Waals surface area contributed by atoms with Crippen LogP contribution in [0.5, 0.6) is 5.75 Å². The zero-order chi connectivity index (χ0) is 17.8. The Labute approximate surface area is 144 Å². The summed E-state index contributed by atoms with van der Waals surface area (Å²) in [5.74, 6) is -1.73. The molecule has 134 valence electrons. The lowest BCUT2D eigenvalue weighted by Gasteiger charge is -2.31. The summed E-state index contributed by atoms with van der Waals surface area (Å²) < 4.78 is 10.6. The van der Waals surface area contributed by atoms with Crippen LogP contribution in [0.25, 0.3) is 0 Å². The third-order valence-electron chi connectivity index (χ3n) is 4.36. The third kappa shape index (κ3) is 3.90. The second-order valence-electron chi connectivity index (χ2n) is 6.10. The average molecular weight is 348 g/mol. The van der Waals surface area contributed by atoms with Gasteiger partial charge in [0.05, 0.1) is 12.3 Å². The molecule has 25 heavy (non-hydrogen) atoms. The van der Waals surface area contributed by atoms with Crippen molar-refractivity contribution < 1.29 is 29.0 Å². The number of nitrogens with zero attached hydrogens (tertiary/aromatic N) is 1. The highest BCUT2D eigenvalue weighted by Crippen LogP contribution is 2.31. The van der Waals surface area contributed by atoms with Gasteiger partial charge in [0.15, 0.2) is 6.61 Å². The average Bonchev–Trinajstić information content (AvgIpc) is 2.62. The number of aliphatic carboxylic acids is 1. The lowest BCUT2D eigenvalue weighted by molar-refractivity contribution is -0.145. The Hall–Kier alpha value is -2.61. The molecule has 0 radical (unpaired) electrons. The largest absolute Gasteiger partial charge is 0.482 e. The highest BCUT2D eigenvalue weighted by molar-refractivity contribution is 6.02. The first-order valence-electron chi connectivity index (χ1n) is 8.18. The number of carboxylic acid groups (broad SMARTS) is 1. The molecular formula is C17H20N2O6. The number of hydrogen-bond donors (Lipinski definition) is 2. The lowest BCUT2D eigenvalue weighted by Crippen LogP contribution is -2.52. The molecular weight excluding hydrogens is 328 g/mol. The van der Waals surface area contributed by atoms with Crippen LogP contribution in [0.3, 0.4) is 0 Å². The molecule has 2 atom stereocenters. The number of rotatable bonds is 5. The summed E-state index contributed by atoms with van der Waals surface area (Å²) in [6.45, 7) is 0.506. The van der Waals surface area contributed by atoms with Crippen LogP contribution in [0.4, 0.5) is 5.69 Å². The van der Waals surface area contributed by atoms with Crippen LogP contribution >= 0.6 is 0 Å². The second-order valence-corrected chi connectivity index (χ2v) is 6.10. The van der Waals surface area contributed by atoms with Crippen molar-refractivity contribution >= 4 is 23.5 Å². The van der Waals surface area contributed by atoms with Crippen molar-refractivity contribution in [2.45, 2.75) is 18.9 Å². The summed E-state index contributed by atoms with van der Waals surface area (Å²) in [5, 5.41) is 12.0. The van der Waals surface area contributed by atoms with E-state index in [1.807, 2.05) is 0 Å². The predicted molar refractivity (Wildman–Crippen MR) is 87.4 cm³/mol. The van der Waals surface area contributed by atoms with Gasteiger partial charge < -0.3 is 19.9 Å². The minimum absolute atomic E-state index is 0.150. The van der Waals surface area contributed by atoms with Crippen molar-refractivity contribution in [2.24, 2.45) is 5.92 Å². The Kier molecular flexibility index (Phi) is 5.18. The summed E-state index contributed by atoms with van der Waals surface area (Å²) in [4.78, 5) is 37.3. The highest BCUT2D eigenvalue weighted by atomic mass is 16.5. The van der Waals surface area contributed by atoms with Gasteiger partial charge in [-0.15, -0.1) is 0 Å². The van der Waals surface area contributed by atoms with E-state index in [4.69, 9.17) is 9.47 Å². The topological polar surface area (TPSA) is 105 Å². The summed E-state index contributed by atoms with van der Waals surface area (Å²) >= 11 is 0. The lowest BCUT2D eigenvalue weighted by atomic mass is 9.93. The molecule has 2 aliphatic heterocycles. The van der Waals surface area contributed by atoms with Gasteiger partial charge >= 0.3 is 5.97 Å². The van der Waals surface area contributed by atoms with E-state index in [0.717, 1.165) is 6.42 Å². The van der Waals surface area contributed by atoms with E-state index in [9.17, 15) is 19.5 Å².